The van der Waals surface area contributed by atoms with Gasteiger partial charge in [0, 0.05) is 18.3 Å². The number of hydrogen-bond donors (Lipinski definition) is 2. The molecule has 0 aromatic heterocycles. The van der Waals surface area contributed by atoms with Crippen molar-refractivity contribution in [1.82, 2.24) is 4.90 Å². The van der Waals surface area contributed by atoms with E-state index in [9.17, 15) is 0 Å². The summed E-state index contributed by atoms with van der Waals surface area (Å²) in [5.41, 5.74) is 6.94. The smallest absolute Gasteiger partial charge is 0.193 e. The van der Waals surface area contributed by atoms with Gasteiger partial charge in [0.2, 0.25) is 0 Å². The molecule has 25 heavy (non-hydrogen) atoms. The van der Waals surface area contributed by atoms with Crippen molar-refractivity contribution in [2.75, 3.05) is 25.0 Å². The normalized spacial score (nSPS) is 20.0. The molecule has 0 bridgehead atoms. The second kappa shape index (κ2) is 10.9. The molecule has 1 fully saturated rings. The highest BCUT2D eigenvalue weighted by Gasteiger charge is 2.20. The number of guanidine groups is 1. The molecule has 142 valence electrons. The van der Waals surface area contributed by atoms with Crippen LogP contribution in [0.15, 0.2) is 29.3 Å². The fraction of sp³-hybridized carbons (Fsp3) is 0.632. The fourth-order valence-corrected chi connectivity index (χ4v) is 3.05. The summed E-state index contributed by atoms with van der Waals surface area (Å²) in [6.07, 6.45) is 2.80. The van der Waals surface area contributed by atoms with E-state index in [1.165, 1.54) is 25.9 Å². The first-order valence-corrected chi connectivity index (χ1v) is 9.01. The third kappa shape index (κ3) is 7.81. The van der Waals surface area contributed by atoms with Gasteiger partial charge in [0.25, 0.3) is 0 Å². The average Bonchev–Trinajstić information content (AvgIpc) is 2.54. The molecule has 1 aliphatic rings. The molecule has 1 heterocycles. The zero-order chi connectivity index (χ0) is 17.5. The van der Waals surface area contributed by atoms with Gasteiger partial charge in [-0.15, -0.1) is 24.0 Å². The standard InChI is InChI=1S/C19H32N4O.HI/c1-14(2)24-18-9-7-17(8-10-18)22-19(20)21-12-16(4)23-11-5-6-15(3)13-23;/h7-10,14-16H,5-6,11-13H2,1-4H3,(H3,20,21,22);1H. The molecule has 1 aromatic carbocycles. The Kier molecular flexibility index (Phi) is 9.56. The van der Waals surface area contributed by atoms with Crippen LogP contribution in [-0.2, 0) is 0 Å². The minimum absolute atomic E-state index is 0. The van der Waals surface area contributed by atoms with Crippen molar-refractivity contribution < 1.29 is 4.74 Å². The van der Waals surface area contributed by atoms with Crippen molar-refractivity contribution in [2.45, 2.75) is 52.7 Å². The van der Waals surface area contributed by atoms with Gasteiger partial charge in [-0.2, -0.15) is 0 Å². The van der Waals surface area contributed by atoms with Gasteiger partial charge in [0.05, 0.1) is 12.6 Å². The number of anilines is 1. The van der Waals surface area contributed by atoms with Gasteiger partial charge in [-0.05, 0) is 70.3 Å². The third-order valence-electron chi connectivity index (χ3n) is 4.34. The van der Waals surface area contributed by atoms with Crippen LogP contribution in [0.25, 0.3) is 0 Å². The van der Waals surface area contributed by atoms with Crippen molar-refractivity contribution in [3.8, 4) is 5.75 Å². The second-order valence-corrected chi connectivity index (χ2v) is 7.13. The predicted octanol–water partition coefficient (Wildman–Crippen LogP) is 3.94. The molecule has 0 amide bonds. The van der Waals surface area contributed by atoms with E-state index in [-0.39, 0.29) is 30.1 Å². The molecule has 3 N–H and O–H groups in total. The van der Waals surface area contributed by atoms with Gasteiger partial charge in [-0.25, -0.2) is 0 Å². The molecule has 0 spiro atoms. The van der Waals surface area contributed by atoms with Gasteiger partial charge < -0.3 is 15.8 Å². The van der Waals surface area contributed by atoms with Crippen molar-refractivity contribution in [3.05, 3.63) is 24.3 Å². The van der Waals surface area contributed by atoms with Crippen LogP contribution in [0.5, 0.6) is 5.75 Å². The van der Waals surface area contributed by atoms with E-state index in [0.717, 1.165) is 23.9 Å². The maximum atomic E-state index is 6.02. The van der Waals surface area contributed by atoms with E-state index in [0.29, 0.717) is 12.0 Å². The number of halogens is 1. The number of likely N-dealkylation sites (tertiary alicyclic amines) is 1. The first kappa shape index (κ1) is 22.0. The van der Waals surface area contributed by atoms with E-state index in [1.807, 2.05) is 38.1 Å². The lowest BCUT2D eigenvalue weighted by molar-refractivity contribution is 0.142. The molecule has 1 aromatic rings. The SMILES string of the molecule is CC1CCCN(C(C)CN=C(N)Nc2ccc(OC(C)C)cc2)C1.I. The topological polar surface area (TPSA) is 62.9 Å². The Hall–Kier alpha value is -1.02. The Morgan fingerprint density at radius 1 is 1.32 bits per heavy atom. The molecule has 0 aliphatic carbocycles. The van der Waals surface area contributed by atoms with Crippen LogP contribution in [0.4, 0.5) is 5.69 Å². The van der Waals surface area contributed by atoms with Crippen LogP contribution in [0.3, 0.4) is 0 Å². The molecule has 6 heteroatoms. The van der Waals surface area contributed by atoms with Gasteiger partial charge in [-0.3, -0.25) is 9.89 Å². The van der Waals surface area contributed by atoms with E-state index in [4.69, 9.17) is 10.5 Å². The van der Waals surface area contributed by atoms with Crippen molar-refractivity contribution in [3.63, 3.8) is 0 Å². The van der Waals surface area contributed by atoms with Crippen molar-refractivity contribution >= 4 is 35.6 Å². The first-order chi connectivity index (χ1) is 11.4. The quantitative estimate of drug-likeness (QED) is 0.384. The van der Waals surface area contributed by atoms with Crippen LogP contribution < -0.4 is 15.8 Å². The van der Waals surface area contributed by atoms with E-state index in [2.05, 4.69) is 29.1 Å². The van der Waals surface area contributed by atoms with Crippen LogP contribution in [0.1, 0.15) is 40.5 Å². The zero-order valence-corrected chi connectivity index (χ0v) is 18.2. The third-order valence-corrected chi connectivity index (χ3v) is 4.34. The van der Waals surface area contributed by atoms with Crippen molar-refractivity contribution in [2.24, 2.45) is 16.6 Å². The number of nitrogens with two attached hydrogens (primary N) is 1. The highest BCUT2D eigenvalue weighted by atomic mass is 127. The molecular formula is C19H33IN4O. The minimum atomic E-state index is 0. The molecule has 2 atom stereocenters. The number of benzene rings is 1. The molecule has 2 unspecified atom stereocenters. The fourth-order valence-electron chi connectivity index (χ4n) is 3.05. The average molecular weight is 460 g/mol. The number of ether oxygens (including phenoxy) is 1. The molecule has 2 rings (SSSR count). The summed E-state index contributed by atoms with van der Waals surface area (Å²) >= 11 is 0. The molecular weight excluding hydrogens is 427 g/mol. The monoisotopic (exact) mass is 460 g/mol. The number of rotatable bonds is 6. The second-order valence-electron chi connectivity index (χ2n) is 7.13. The lowest BCUT2D eigenvalue weighted by atomic mass is 9.99. The summed E-state index contributed by atoms with van der Waals surface area (Å²) in [5, 5.41) is 3.14. The lowest BCUT2D eigenvalue weighted by Gasteiger charge is -2.34. The highest BCUT2D eigenvalue weighted by molar-refractivity contribution is 14.0. The Balaban J connectivity index is 0.00000312. The highest BCUT2D eigenvalue weighted by Crippen LogP contribution is 2.18. The van der Waals surface area contributed by atoms with Gasteiger partial charge in [0.1, 0.15) is 5.75 Å². The largest absolute Gasteiger partial charge is 0.491 e. The van der Waals surface area contributed by atoms with E-state index >= 15 is 0 Å². The molecule has 0 radical (unpaired) electrons. The summed E-state index contributed by atoms with van der Waals surface area (Å²) in [4.78, 5) is 7.02. The Morgan fingerprint density at radius 3 is 2.60 bits per heavy atom. The summed E-state index contributed by atoms with van der Waals surface area (Å²) in [5.74, 6) is 2.11. The van der Waals surface area contributed by atoms with Crippen molar-refractivity contribution in [1.29, 1.82) is 0 Å². The van der Waals surface area contributed by atoms with Crippen LogP contribution in [-0.4, -0.2) is 42.6 Å². The van der Waals surface area contributed by atoms with Crippen LogP contribution in [0, 0.1) is 5.92 Å². The lowest BCUT2D eigenvalue weighted by Crippen LogP contribution is -2.42. The summed E-state index contributed by atoms with van der Waals surface area (Å²) in [6, 6.07) is 8.21. The maximum absolute atomic E-state index is 6.02. The van der Waals surface area contributed by atoms with Gasteiger partial charge in [-0.1, -0.05) is 6.92 Å². The molecule has 0 saturated carbocycles. The first-order valence-electron chi connectivity index (χ1n) is 9.01. The van der Waals surface area contributed by atoms with E-state index in [1.54, 1.807) is 0 Å². The zero-order valence-electron chi connectivity index (χ0n) is 15.9. The Morgan fingerprint density at radius 2 is 2.00 bits per heavy atom. The van der Waals surface area contributed by atoms with E-state index < -0.39 is 0 Å². The molecule has 1 aliphatic heterocycles. The van der Waals surface area contributed by atoms with Gasteiger partial charge >= 0.3 is 0 Å². The summed E-state index contributed by atoms with van der Waals surface area (Å²) in [6.45, 7) is 11.6. The number of hydrogen-bond acceptors (Lipinski definition) is 3. The maximum Gasteiger partial charge on any atom is 0.193 e. The van der Waals surface area contributed by atoms with Crippen LogP contribution in [0.2, 0.25) is 0 Å². The van der Waals surface area contributed by atoms with Crippen LogP contribution >= 0.6 is 24.0 Å². The number of aliphatic imine (C=N–C) groups is 1. The number of piperidine rings is 1. The summed E-state index contributed by atoms with van der Waals surface area (Å²) < 4.78 is 5.63. The van der Waals surface area contributed by atoms with Gasteiger partial charge in [0.15, 0.2) is 5.96 Å². The number of nitrogens with one attached hydrogen (secondary N) is 1. The Labute approximate surface area is 169 Å². The minimum Gasteiger partial charge on any atom is -0.491 e. The summed E-state index contributed by atoms with van der Waals surface area (Å²) in [7, 11) is 0. The Bertz CT molecular complexity index is 533. The molecule has 1 saturated heterocycles. The molecule has 5 nitrogen and oxygen atoms in total. The predicted molar refractivity (Wildman–Crippen MR) is 117 cm³/mol. The number of nitrogens with zero attached hydrogens (tertiary/aromatic N) is 2.